The summed E-state index contributed by atoms with van der Waals surface area (Å²) < 4.78 is 0. The number of nitrogens with one attached hydrogen (secondary N) is 1. The van der Waals surface area contributed by atoms with E-state index in [0.29, 0.717) is 11.3 Å². The smallest absolute Gasteiger partial charge is 0.215 e. The molecule has 1 saturated heterocycles. The van der Waals surface area contributed by atoms with Gasteiger partial charge in [-0.2, -0.15) is 5.26 Å². The molecule has 3 rings (SSSR count). The molecule has 2 aromatic rings. The summed E-state index contributed by atoms with van der Waals surface area (Å²) in [6, 6.07) is 8.78. The maximum atomic E-state index is 12.7. The van der Waals surface area contributed by atoms with Gasteiger partial charge in [-0.25, -0.2) is 9.97 Å². The average Bonchev–Trinajstić information content (AvgIpc) is 2.91. The van der Waals surface area contributed by atoms with Gasteiger partial charge in [0.05, 0.1) is 11.1 Å². The minimum Gasteiger partial charge on any atom is -0.383 e. The van der Waals surface area contributed by atoms with E-state index >= 15 is 0 Å². The van der Waals surface area contributed by atoms with Gasteiger partial charge in [0.25, 0.3) is 0 Å². The first-order valence-corrected chi connectivity index (χ1v) is 7.82. The Morgan fingerprint density at radius 1 is 1.38 bits per heavy atom. The molecule has 7 nitrogen and oxygen atoms in total. The van der Waals surface area contributed by atoms with Crippen molar-refractivity contribution in [3.63, 3.8) is 0 Å². The lowest BCUT2D eigenvalue weighted by Crippen LogP contribution is -2.29. The third-order valence-corrected chi connectivity index (χ3v) is 3.92. The normalized spacial score (nSPS) is 14.7. The van der Waals surface area contributed by atoms with Crippen molar-refractivity contribution in [3.8, 4) is 6.07 Å². The fourth-order valence-corrected chi connectivity index (χ4v) is 2.66. The van der Waals surface area contributed by atoms with E-state index < -0.39 is 0 Å². The van der Waals surface area contributed by atoms with E-state index in [0.717, 1.165) is 38.4 Å². The van der Waals surface area contributed by atoms with E-state index in [1.807, 2.05) is 18.2 Å². The number of anilines is 2. The molecular formula is C17H22N6O. The first-order valence-electron chi connectivity index (χ1n) is 7.82. The summed E-state index contributed by atoms with van der Waals surface area (Å²) >= 11 is 0. The fourth-order valence-electron chi connectivity index (χ4n) is 2.66. The van der Waals surface area contributed by atoms with Gasteiger partial charge in [0, 0.05) is 28.7 Å². The third-order valence-electron chi connectivity index (χ3n) is 3.92. The first-order chi connectivity index (χ1) is 11.7. The Hall–Kier alpha value is -2.98. The highest BCUT2D eigenvalue weighted by atomic mass is 16.1. The molecular weight excluding hydrogens is 304 g/mol. The predicted octanol–water partition coefficient (Wildman–Crippen LogP) is 1.45. The number of hydrogen-bond donors (Lipinski definition) is 2. The molecule has 7 heteroatoms. The van der Waals surface area contributed by atoms with Crippen molar-refractivity contribution in [1.29, 1.82) is 5.26 Å². The maximum absolute atomic E-state index is 12.7. The lowest BCUT2D eigenvalue weighted by Gasteiger charge is -2.21. The van der Waals surface area contributed by atoms with Crippen molar-refractivity contribution < 1.29 is 7.65 Å². The maximum Gasteiger partial charge on any atom is 0.215 e. The lowest BCUT2D eigenvalue weighted by molar-refractivity contribution is 0.103. The molecule has 1 aliphatic rings. The van der Waals surface area contributed by atoms with Gasteiger partial charge in [-0.05, 0) is 31.2 Å². The van der Waals surface area contributed by atoms with E-state index in [9.17, 15) is 4.79 Å². The Morgan fingerprint density at radius 3 is 3.08 bits per heavy atom. The minimum absolute atomic E-state index is 0. The van der Waals surface area contributed by atoms with Crippen LogP contribution in [0.1, 0.15) is 30.9 Å². The van der Waals surface area contributed by atoms with Gasteiger partial charge in [0.2, 0.25) is 5.78 Å². The zero-order chi connectivity index (χ0) is 16.9. The molecule has 1 fully saturated rings. The summed E-state index contributed by atoms with van der Waals surface area (Å²) in [6.07, 6.45) is 2.38. The predicted molar refractivity (Wildman–Crippen MR) is 95.0 cm³/mol. The Bertz CT molecular complexity index is 800. The van der Waals surface area contributed by atoms with Crippen LogP contribution in [0.2, 0.25) is 0 Å². The molecule has 126 valence electrons. The van der Waals surface area contributed by atoms with Crippen molar-refractivity contribution in [2.45, 2.75) is 6.42 Å². The Labute approximate surface area is 143 Å². The van der Waals surface area contributed by atoms with Gasteiger partial charge in [-0.1, -0.05) is 6.07 Å². The van der Waals surface area contributed by atoms with E-state index in [1.54, 1.807) is 6.07 Å². The standard InChI is InChI=1S/C17H18N6O.2H2/c18-10-12-9-13(17(19)21-11-12)16(24)14-3-1-4-15(22-14)23-7-2-5-20-6-8-23;;/h1,3-4,9,11,20H,2,5-8H2,(H2,19,21);2*1H. The molecule has 0 aliphatic carbocycles. The quantitative estimate of drug-likeness (QED) is 0.822. The van der Waals surface area contributed by atoms with Crippen molar-refractivity contribution in [3.05, 3.63) is 47.3 Å². The van der Waals surface area contributed by atoms with Crippen LogP contribution in [0.5, 0.6) is 0 Å². The summed E-state index contributed by atoms with van der Waals surface area (Å²) in [7, 11) is 0. The van der Waals surface area contributed by atoms with Crippen LogP contribution in [0.3, 0.4) is 0 Å². The number of nitrogens with two attached hydrogens (primary N) is 1. The molecule has 0 radical (unpaired) electrons. The summed E-state index contributed by atoms with van der Waals surface area (Å²) in [4.78, 5) is 23.3. The number of nitrogens with zero attached hydrogens (tertiary/aromatic N) is 4. The molecule has 24 heavy (non-hydrogen) atoms. The number of pyridine rings is 2. The summed E-state index contributed by atoms with van der Waals surface area (Å²) in [5.41, 5.74) is 6.59. The topological polar surface area (TPSA) is 108 Å². The third kappa shape index (κ3) is 3.34. The van der Waals surface area contributed by atoms with Gasteiger partial charge in [-0.3, -0.25) is 4.79 Å². The average molecular weight is 326 g/mol. The van der Waals surface area contributed by atoms with Gasteiger partial charge in [-0.15, -0.1) is 0 Å². The van der Waals surface area contributed by atoms with Crippen LogP contribution in [-0.2, 0) is 0 Å². The number of carbonyl (C=O) groups excluding carboxylic acids is 1. The highest BCUT2D eigenvalue weighted by Gasteiger charge is 2.18. The number of nitriles is 1. The van der Waals surface area contributed by atoms with Crippen LogP contribution in [0.4, 0.5) is 11.6 Å². The van der Waals surface area contributed by atoms with Gasteiger partial charge in [0.1, 0.15) is 23.4 Å². The van der Waals surface area contributed by atoms with Crippen molar-refractivity contribution in [2.75, 3.05) is 36.8 Å². The van der Waals surface area contributed by atoms with Crippen LogP contribution < -0.4 is 16.0 Å². The van der Waals surface area contributed by atoms with Crippen molar-refractivity contribution in [1.82, 2.24) is 15.3 Å². The molecule has 0 spiro atoms. The van der Waals surface area contributed by atoms with E-state index in [-0.39, 0.29) is 20.0 Å². The largest absolute Gasteiger partial charge is 0.383 e. The summed E-state index contributed by atoms with van der Waals surface area (Å²) in [6.45, 7) is 3.61. The SMILES string of the molecule is N#Cc1cnc(N)c(C(=O)c2cccc(N3CCCNCC3)n2)c1.[HH].[HH]. The lowest BCUT2D eigenvalue weighted by atomic mass is 10.1. The summed E-state index contributed by atoms with van der Waals surface area (Å²) in [5, 5.41) is 12.3. The van der Waals surface area contributed by atoms with Crippen LogP contribution in [0, 0.1) is 11.3 Å². The molecule has 3 N–H and O–H groups in total. The molecule has 2 aromatic heterocycles. The highest BCUT2D eigenvalue weighted by molar-refractivity contribution is 6.10. The molecule has 0 unspecified atom stereocenters. The number of rotatable bonds is 3. The second-order valence-corrected chi connectivity index (χ2v) is 5.57. The fraction of sp³-hybridized carbons (Fsp3) is 0.294. The second-order valence-electron chi connectivity index (χ2n) is 5.57. The number of nitrogen functional groups attached to an aromatic ring is 1. The van der Waals surface area contributed by atoms with Gasteiger partial charge < -0.3 is 16.0 Å². The second kappa shape index (κ2) is 7.06. The Kier molecular flexibility index (Phi) is 4.68. The molecule has 1 aliphatic heterocycles. The van der Waals surface area contributed by atoms with E-state index in [4.69, 9.17) is 11.0 Å². The number of aromatic nitrogens is 2. The monoisotopic (exact) mass is 326 g/mol. The summed E-state index contributed by atoms with van der Waals surface area (Å²) in [5.74, 6) is 0.546. The molecule has 0 amide bonds. The first kappa shape index (κ1) is 15.9. The van der Waals surface area contributed by atoms with Crippen LogP contribution in [0.25, 0.3) is 0 Å². The van der Waals surface area contributed by atoms with Gasteiger partial charge >= 0.3 is 0 Å². The van der Waals surface area contributed by atoms with Crippen molar-refractivity contribution >= 4 is 17.4 Å². The van der Waals surface area contributed by atoms with E-state index in [1.165, 1.54) is 12.3 Å². The van der Waals surface area contributed by atoms with Gasteiger partial charge in [0.15, 0.2) is 0 Å². The van der Waals surface area contributed by atoms with Crippen molar-refractivity contribution in [2.24, 2.45) is 0 Å². The Morgan fingerprint density at radius 2 is 2.25 bits per heavy atom. The molecule has 0 bridgehead atoms. The van der Waals surface area contributed by atoms with E-state index in [2.05, 4.69) is 20.2 Å². The zero-order valence-electron chi connectivity index (χ0n) is 13.2. The number of ketones is 1. The molecule has 0 aromatic carbocycles. The minimum atomic E-state index is -0.327. The highest BCUT2D eigenvalue weighted by Crippen LogP contribution is 2.18. The van der Waals surface area contributed by atoms with Crippen LogP contribution in [-0.4, -0.2) is 41.9 Å². The molecule has 0 atom stereocenters. The Balaban J connectivity index is 0.00000169. The van der Waals surface area contributed by atoms with Crippen LogP contribution in [0.15, 0.2) is 30.5 Å². The molecule has 0 saturated carbocycles. The van der Waals surface area contributed by atoms with Crippen LogP contribution >= 0.6 is 0 Å². The zero-order valence-corrected chi connectivity index (χ0v) is 13.2. The number of hydrogen-bond acceptors (Lipinski definition) is 7. The number of carbonyl (C=O) groups is 1. The molecule has 3 heterocycles.